The van der Waals surface area contributed by atoms with Crippen LogP contribution in [-0.4, -0.2) is 18.5 Å². The van der Waals surface area contributed by atoms with E-state index < -0.39 is 19.0 Å². The molecule has 0 spiro atoms. The van der Waals surface area contributed by atoms with Crippen molar-refractivity contribution in [3.8, 4) is 0 Å². The largest absolute Gasteiger partial charge is 1.00 e. The summed E-state index contributed by atoms with van der Waals surface area (Å²) < 4.78 is 40.5. The van der Waals surface area contributed by atoms with Crippen LogP contribution in [-0.2, 0) is 12.3 Å². The van der Waals surface area contributed by atoms with Crippen molar-refractivity contribution < 1.29 is 25.6 Å². The number of hydrogen-bond acceptors (Lipinski definition) is 0. The highest BCUT2D eigenvalue weighted by Gasteiger charge is 2.37. The first-order valence-corrected chi connectivity index (χ1v) is 18.4. The average molecular weight is 579 g/mol. The van der Waals surface area contributed by atoms with E-state index in [1.807, 2.05) is 6.07 Å². The molecule has 0 aliphatic carbocycles. The molecule has 0 nitrogen and oxygen atoms in total. The van der Waals surface area contributed by atoms with E-state index in [2.05, 4.69) is 20.8 Å². The van der Waals surface area contributed by atoms with Crippen LogP contribution in [0, 0.1) is 0 Å². The molecule has 0 fully saturated rings. The van der Waals surface area contributed by atoms with Gasteiger partial charge in [0.15, 0.2) is 0 Å². The number of rotatable bonds is 24. The van der Waals surface area contributed by atoms with Gasteiger partial charge in [-0.25, -0.2) is 0 Å². The zero-order valence-corrected chi connectivity index (χ0v) is 26.7. The second-order valence-electron chi connectivity index (χ2n) is 11.5. The number of halogens is 4. The molecule has 0 radical (unpaired) electrons. The Balaban J connectivity index is 0.0000137. The Hall–Kier alpha value is -0.270. The van der Waals surface area contributed by atoms with Gasteiger partial charge in [0, 0.05) is 7.26 Å². The summed E-state index contributed by atoms with van der Waals surface area (Å²) in [6.07, 6.45) is 25.2. The highest BCUT2D eigenvalue weighted by molar-refractivity contribution is 7.75. The first-order valence-electron chi connectivity index (χ1n) is 15.9. The van der Waals surface area contributed by atoms with Crippen molar-refractivity contribution >= 4 is 7.26 Å². The minimum Gasteiger partial charge on any atom is -1.00 e. The molecule has 0 N–H and O–H groups in total. The van der Waals surface area contributed by atoms with Crippen molar-refractivity contribution in [3.05, 3.63) is 35.4 Å². The van der Waals surface area contributed by atoms with Crippen LogP contribution < -0.4 is 12.4 Å². The van der Waals surface area contributed by atoms with E-state index in [9.17, 15) is 13.2 Å². The van der Waals surface area contributed by atoms with Crippen molar-refractivity contribution in [1.29, 1.82) is 0 Å². The fourth-order valence-corrected chi connectivity index (χ4v) is 10.5. The Morgan fingerprint density at radius 1 is 0.553 bits per heavy atom. The van der Waals surface area contributed by atoms with Crippen LogP contribution in [0.4, 0.5) is 13.2 Å². The van der Waals surface area contributed by atoms with E-state index in [0.29, 0.717) is 0 Å². The maximum absolute atomic E-state index is 13.5. The van der Waals surface area contributed by atoms with Gasteiger partial charge in [-0.1, -0.05) is 116 Å². The summed E-state index contributed by atoms with van der Waals surface area (Å²) in [5.41, 5.74) is 0.459. The SMILES string of the molecule is CCCCCCCCC[P+](CCCCCCCC)(CCCCCCCC)Cc1cccc(C(F)(F)F)c1.[Cl-]. The van der Waals surface area contributed by atoms with Gasteiger partial charge in [-0.2, -0.15) is 13.2 Å². The quantitative estimate of drug-likeness (QED) is 0.0846. The standard InChI is InChI=1S/C33H59F3P.ClH/c1-4-7-10-13-16-19-22-28-37(26-20-17-14-11-8-5-2,27-21-18-15-12-9-6-3)30-31-24-23-25-32(29-31)33(34,35)36;/h23-25,29H,4-22,26-28,30H2,1-3H3;1H/q+1;/p-1. The Kier molecular flexibility index (Phi) is 23.3. The van der Waals surface area contributed by atoms with Gasteiger partial charge in [0.25, 0.3) is 0 Å². The van der Waals surface area contributed by atoms with Gasteiger partial charge in [0.05, 0.1) is 30.2 Å². The van der Waals surface area contributed by atoms with E-state index in [4.69, 9.17) is 0 Å². The predicted octanol–water partition coefficient (Wildman–Crippen LogP) is 9.70. The van der Waals surface area contributed by atoms with Gasteiger partial charge >= 0.3 is 6.18 Å². The van der Waals surface area contributed by atoms with E-state index in [1.54, 1.807) is 6.07 Å². The first-order chi connectivity index (χ1) is 17.9. The topological polar surface area (TPSA) is 0 Å². The molecule has 1 aromatic rings. The lowest BCUT2D eigenvalue weighted by Crippen LogP contribution is -3.00. The molecule has 38 heavy (non-hydrogen) atoms. The smallest absolute Gasteiger partial charge is 0.416 e. The second-order valence-corrected chi connectivity index (χ2v) is 15.9. The van der Waals surface area contributed by atoms with Crippen molar-refractivity contribution in [2.75, 3.05) is 18.5 Å². The summed E-state index contributed by atoms with van der Waals surface area (Å²) in [5.74, 6) is 0. The van der Waals surface area contributed by atoms with Crippen molar-refractivity contribution in [1.82, 2.24) is 0 Å². The molecule has 1 aromatic carbocycles. The highest BCUT2D eigenvalue weighted by Crippen LogP contribution is 2.63. The fraction of sp³-hybridized carbons (Fsp3) is 0.818. The molecule has 0 heterocycles. The Morgan fingerprint density at radius 2 is 0.921 bits per heavy atom. The third-order valence-electron chi connectivity index (χ3n) is 7.98. The zero-order chi connectivity index (χ0) is 27.2. The predicted molar refractivity (Wildman–Crippen MR) is 161 cm³/mol. The fourth-order valence-electron chi connectivity index (χ4n) is 5.67. The molecule has 0 aromatic heterocycles. The third kappa shape index (κ3) is 18.1. The molecule has 0 saturated heterocycles. The van der Waals surface area contributed by atoms with Crippen molar-refractivity contribution in [2.24, 2.45) is 0 Å². The Morgan fingerprint density at radius 3 is 1.29 bits per heavy atom. The lowest BCUT2D eigenvalue weighted by molar-refractivity contribution is -0.137. The molecule has 0 bridgehead atoms. The summed E-state index contributed by atoms with van der Waals surface area (Å²) in [6, 6.07) is 6.30. The normalized spacial score (nSPS) is 12.1. The van der Waals surface area contributed by atoms with Crippen LogP contribution in [0.3, 0.4) is 0 Å². The van der Waals surface area contributed by atoms with Crippen LogP contribution in [0.15, 0.2) is 24.3 Å². The monoisotopic (exact) mass is 578 g/mol. The van der Waals surface area contributed by atoms with Crippen molar-refractivity contribution in [3.63, 3.8) is 0 Å². The molecule has 0 unspecified atom stereocenters. The summed E-state index contributed by atoms with van der Waals surface area (Å²) in [5, 5.41) is 0. The van der Waals surface area contributed by atoms with Gasteiger partial charge in [0.1, 0.15) is 0 Å². The van der Waals surface area contributed by atoms with E-state index in [-0.39, 0.29) is 12.4 Å². The van der Waals surface area contributed by atoms with Crippen LogP contribution in [0.5, 0.6) is 0 Å². The molecular formula is C33H59ClF3P. The number of alkyl halides is 3. The maximum Gasteiger partial charge on any atom is 0.416 e. The zero-order valence-electron chi connectivity index (χ0n) is 25.0. The summed E-state index contributed by atoms with van der Waals surface area (Å²) in [4.78, 5) is 0. The van der Waals surface area contributed by atoms with Gasteiger partial charge in [-0.05, 0) is 56.2 Å². The molecule has 224 valence electrons. The summed E-state index contributed by atoms with van der Waals surface area (Å²) in [6.45, 7) is 6.78. The van der Waals surface area contributed by atoms with E-state index in [1.165, 1.54) is 153 Å². The van der Waals surface area contributed by atoms with E-state index in [0.717, 1.165) is 11.7 Å². The van der Waals surface area contributed by atoms with Gasteiger partial charge in [0.2, 0.25) is 0 Å². The van der Waals surface area contributed by atoms with Crippen LogP contribution in [0.1, 0.15) is 154 Å². The molecule has 5 heteroatoms. The molecule has 0 amide bonds. The Labute approximate surface area is 241 Å². The number of benzene rings is 1. The number of hydrogen-bond donors (Lipinski definition) is 0. The lowest BCUT2D eigenvalue weighted by atomic mass is 10.1. The summed E-state index contributed by atoms with van der Waals surface area (Å²) >= 11 is 0. The maximum atomic E-state index is 13.5. The highest BCUT2D eigenvalue weighted by atomic mass is 35.5. The van der Waals surface area contributed by atoms with Gasteiger partial charge in [-0.3, -0.25) is 0 Å². The molecular weight excluding hydrogens is 520 g/mol. The summed E-state index contributed by atoms with van der Waals surface area (Å²) in [7, 11) is -1.33. The lowest BCUT2D eigenvalue weighted by Gasteiger charge is -2.29. The van der Waals surface area contributed by atoms with Crippen LogP contribution >= 0.6 is 7.26 Å². The first kappa shape index (κ1) is 37.7. The average Bonchev–Trinajstić information content (AvgIpc) is 2.87. The molecule has 0 saturated carbocycles. The minimum absolute atomic E-state index is 0. The Bertz CT molecular complexity index is 646. The molecule has 1 rings (SSSR count). The second kappa shape index (κ2) is 23.4. The van der Waals surface area contributed by atoms with Gasteiger partial charge in [-0.15, -0.1) is 0 Å². The minimum atomic E-state index is -4.26. The third-order valence-corrected chi connectivity index (χ3v) is 12.8. The van der Waals surface area contributed by atoms with Crippen LogP contribution in [0.2, 0.25) is 0 Å². The van der Waals surface area contributed by atoms with Crippen LogP contribution in [0.25, 0.3) is 0 Å². The number of unbranched alkanes of at least 4 members (excludes halogenated alkanes) is 16. The van der Waals surface area contributed by atoms with Crippen molar-refractivity contribution in [2.45, 2.75) is 155 Å². The molecule has 0 aliphatic rings. The van der Waals surface area contributed by atoms with Gasteiger partial charge < -0.3 is 12.4 Å². The molecule has 0 aliphatic heterocycles. The van der Waals surface area contributed by atoms with E-state index >= 15 is 0 Å². The molecule has 0 atom stereocenters.